The molecule has 0 aliphatic carbocycles. The predicted octanol–water partition coefficient (Wildman–Crippen LogP) is 0.944. The molecule has 1 fully saturated rings. The third-order valence-electron chi connectivity index (χ3n) is 3.07. The second-order valence-corrected chi connectivity index (χ2v) is 7.01. The molecule has 0 radical (unpaired) electrons. The normalized spacial score (nSPS) is 20.4. The van der Waals surface area contributed by atoms with Crippen molar-refractivity contribution in [2.45, 2.75) is 10.9 Å². The minimum Gasteiger partial charge on any atom is -0.496 e. The average Bonchev–Trinajstić information content (AvgIpc) is 2.47. The summed E-state index contributed by atoms with van der Waals surface area (Å²) in [5.74, 6) is 0.557. The minimum atomic E-state index is -3.69. The van der Waals surface area contributed by atoms with Gasteiger partial charge in [-0.3, -0.25) is 0 Å². The van der Waals surface area contributed by atoms with Gasteiger partial charge in [-0.1, -0.05) is 0 Å². The first-order valence-electron chi connectivity index (χ1n) is 5.96. The molecule has 1 unspecified atom stereocenters. The van der Waals surface area contributed by atoms with Gasteiger partial charge in [0.15, 0.2) is 0 Å². The minimum absolute atomic E-state index is 0.146. The van der Waals surface area contributed by atoms with Crippen molar-refractivity contribution in [1.29, 1.82) is 5.26 Å². The van der Waals surface area contributed by atoms with E-state index >= 15 is 0 Å². The Morgan fingerprint density at radius 3 is 2.90 bits per heavy atom. The van der Waals surface area contributed by atoms with E-state index in [2.05, 4.69) is 21.2 Å². The summed E-state index contributed by atoms with van der Waals surface area (Å²) in [6.07, 6.45) is 0. The van der Waals surface area contributed by atoms with E-state index in [1.165, 1.54) is 23.5 Å². The van der Waals surface area contributed by atoms with Crippen LogP contribution in [0, 0.1) is 11.3 Å². The van der Waals surface area contributed by atoms with Crippen molar-refractivity contribution in [3.63, 3.8) is 0 Å². The van der Waals surface area contributed by atoms with E-state index in [1.54, 1.807) is 6.07 Å². The smallest absolute Gasteiger partial charge is 0.244 e. The van der Waals surface area contributed by atoms with E-state index in [4.69, 9.17) is 10.00 Å². The van der Waals surface area contributed by atoms with Gasteiger partial charge in [0.1, 0.15) is 11.8 Å². The van der Waals surface area contributed by atoms with Crippen LogP contribution in [0.1, 0.15) is 0 Å². The first-order chi connectivity index (χ1) is 9.50. The lowest BCUT2D eigenvalue weighted by atomic mass is 10.3. The number of ether oxygens (including phenoxy) is 1. The van der Waals surface area contributed by atoms with Crippen LogP contribution < -0.4 is 10.1 Å². The molecule has 1 atom stereocenters. The van der Waals surface area contributed by atoms with Crippen LogP contribution in [0.5, 0.6) is 5.75 Å². The summed E-state index contributed by atoms with van der Waals surface area (Å²) < 4.78 is 32.1. The van der Waals surface area contributed by atoms with Crippen molar-refractivity contribution in [3.8, 4) is 11.8 Å². The second kappa shape index (κ2) is 6.10. The van der Waals surface area contributed by atoms with Gasteiger partial charge in [-0.05, 0) is 34.1 Å². The fraction of sp³-hybridized carbons (Fsp3) is 0.417. The van der Waals surface area contributed by atoms with E-state index < -0.39 is 16.1 Å². The quantitative estimate of drug-likeness (QED) is 0.868. The summed E-state index contributed by atoms with van der Waals surface area (Å²) in [4.78, 5) is 0.146. The van der Waals surface area contributed by atoms with Gasteiger partial charge < -0.3 is 10.1 Å². The molecule has 0 saturated carbocycles. The van der Waals surface area contributed by atoms with Crippen molar-refractivity contribution in [2.75, 3.05) is 26.7 Å². The number of sulfonamides is 1. The fourth-order valence-corrected chi connectivity index (χ4v) is 4.28. The number of nitrogens with zero attached hydrogens (tertiary/aromatic N) is 2. The Bertz CT molecular complexity index is 642. The summed E-state index contributed by atoms with van der Waals surface area (Å²) in [6.45, 7) is 1.16. The zero-order valence-corrected chi connectivity index (χ0v) is 13.2. The lowest BCUT2D eigenvalue weighted by Crippen LogP contribution is -2.52. The van der Waals surface area contributed by atoms with Gasteiger partial charge in [0.05, 0.1) is 22.5 Å². The van der Waals surface area contributed by atoms with Crippen LogP contribution in [0.4, 0.5) is 0 Å². The number of methoxy groups -OCH3 is 1. The van der Waals surface area contributed by atoms with E-state index in [0.29, 0.717) is 23.3 Å². The highest BCUT2D eigenvalue weighted by Crippen LogP contribution is 2.29. The van der Waals surface area contributed by atoms with Crippen molar-refractivity contribution < 1.29 is 13.2 Å². The van der Waals surface area contributed by atoms with Crippen LogP contribution in [0.2, 0.25) is 0 Å². The van der Waals surface area contributed by atoms with Crippen LogP contribution in [0.3, 0.4) is 0 Å². The molecule has 2 rings (SSSR count). The summed E-state index contributed by atoms with van der Waals surface area (Å²) in [7, 11) is -2.18. The number of rotatable bonds is 3. The van der Waals surface area contributed by atoms with Gasteiger partial charge in [-0.25, -0.2) is 8.42 Å². The molecule has 1 N–H and O–H groups in total. The molecular weight excluding hydrogens is 346 g/mol. The number of hydrogen-bond acceptors (Lipinski definition) is 5. The fourth-order valence-electron chi connectivity index (χ4n) is 2.03. The molecule has 1 saturated heterocycles. The molecular formula is C12H14BrN3O3S. The molecule has 0 amide bonds. The van der Waals surface area contributed by atoms with Gasteiger partial charge >= 0.3 is 0 Å². The lowest BCUT2D eigenvalue weighted by Gasteiger charge is -2.31. The Morgan fingerprint density at radius 1 is 1.55 bits per heavy atom. The van der Waals surface area contributed by atoms with Crippen LogP contribution >= 0.6 is 15.9 Å². The van der Waals surface area contributed by atoms with Gasteiger partial charge in [0, 0.05) is 19.6 Å². The Balaban J connectivity index is 2.39. The molecule has 108 valence electrons. The van der Waals surface area contributed by atoms with Crippen LogP contribution in [0.15, 0.2) is 27.6 Å². The highest BCUT2D eigenvalue weighted by molar-refractivity contribution is 9.10. The van der Waals surface area contributed by atoms with Crippen LogP contribution in [0.25, 0.3) is 0 Å². The Kier molecular flexibility index (Phi) is 4.65. The number of hydrogen-bond donors (Lipinski definition) is 1. The van der Waals surface area contributed by atoms with E-state index in [0.717, 1.165) is 0 Å². The first-order valence-corrected chi connectivity index (χ1v) is 8.19. The van der Waals surface area contributed by atoms with E-state index in [-0.39, 0.29) is 11.4 Å². The average molecular weight is 360 g/mol. The molecule has 1 heterocycles. The predicted molar refractivity (Wildman–Crippen MR) is 76.9 cm³/mol. The number of halogens is 1. The highest BCUT2D eigenvalue weighted by atomic mass is 79.9. The maximum absolute atomic E-state index is 12.6. The molecule has 20 heavy (non-hydrogen) atoms. The van der Waals surface area contributed by atoms with Gasteiger partial charge in [-0.2, -0.15) is 9.57 Å². The van der Waals surface area contributed by atoms with Crippen molar-refractivity contribution in [2.24, 2.45) is 0 Å². The Hall–Kier alpha value is -1.14. The largest absolute Gasteiger partial charge is 0.496 e. The van der Waals surface area contributed by atoms with Crippen molar-refractivity contribution in [1.82, 2.24) is 9.62 Å². The molecule has 1 aromatic rings. The molecule has 0 aromatic heterocycles. The summed E-state index contributed by atoms with van der Waals surface area (Å²) >= 11 is 3.27. The Morgan fingerprint density at radius 2 is 2.30 bits per heavy atom. The van der Waals surface area contributed by atoms with E-state index in [9.17, 15) is 8.42 Å². The Labute approximate surface area is 126 Å². The molecule has 6 nitrogen and oxygen atoms in total. The molecule has 0 bridgehead atoms. The van der Waals surface area contributed by atoms with E-state index in [1.807, 2.05) is 6.07 Å². The summed E-state index contributed by atoms with van der Waals surface area (Å²) in [5, 5.41) is 12.1. The zero-order chi connectivity index (χ0) is 14.8. The monoisotopic (exact) mass is 359 g/mol. The number of nitriles is 1. The highest BCUT2D eigenvalue weighted by Gasteiger charge is 2.33. The first kappa shape index (κ1) is 15.3. The molecule has 0 spiro atoms. The molecule has 1 aliphatic heterocycles. The van der Waals surface area contributed by atoms with Gasteiger partial charge in [0.25, 0.3) is 0 Å². The van der Waals surface area contributed by atoms with Gasteiger partial charge in [-0.15, -0.1) is 0 Å². The third-order valence-corrected chi connectivity index (χ3v) is 5.60. The van der Waals surface area contributed by atoms with Crippen LogP contribution in [-0.2, 0) is 10.0 Å². The van der Waals surface area contributed by atoms with Crippen LogP contribution in [-0.4, -0.2) is 45.5 Å². The standard InChI is InChI=1S/C12H14BrN3O3S/c1-19-12-3-2-10(6-11(12)13)20(17,18)16-5-4-15-8-9(16)7-14/h2-3,6,9,15H,4-5,8H2,1H3. The second-order valence-electron chi connectivity index (χ2n) is 4.26. The lowest BCUT2D eigenvalue weighted by molar-refractivity contribution is 0.311. The zero-order valence-electron chi connectivity index (χ0n) is 10.8. The summed E-state index contributed by atoms with van der Waals surface area (Å²) in [5.41, 5.74) is 0. The number of benzene rings is 1. The van der Waals surface area contributed by atoms with Crippen molar-refractivity contribution >= 4 is 26.0 Å². The summed E-state index contributed by atoms with van der Waals surface area (Å²) in [6, 6.07) is 5.89. The SMILES string of the molecule is COc1ccc(S(=O)(=O)N2CCNCC2C#N)cc1Br. The maximum atomic E-state index is 12.6. The maximum Gasteiger partial charge on any atom is 0.244 e. The molecule has 8 heteroatoms. The molecule has 1 aliphatic rings. The number of piperazine rings is 1. The molecule has 1 aromatic carbocycles. The number of nitrogens with one attached hydrogen (secondary N) is 1. The topological polar surface area (TPSA) is 82.4 Å². The van der Waals surface area contributed by atoms with Gasteiger partial charge in [0.2, 0.25) is 10.0 Å². The van der Waals surface area contributed by atoms with Crippen molar-refractivity contribution in [3.05, 3.63) is 22.7 Å². The third kappa shape index (κ3) is 2.81.